The molecule has 0 spiro atoms. The number of unbranched alkanes of at least 4 members (excludes halogenated alkanes) is 2. The molecule has 0 aromatic rings. The van der Waals surface area contributed by atoms with Crippen LogP contribution in [-0.4, -0.2) is 23.8 Å². The van der Waals surface area contributed by atoms with Crippen LogP contribution in [0.5, 0.6) is 0 Å². The third-order valence-electron chi connectivity index (χ3n) is 1.10. The van der Waals surface area contributed by atoms with E-state index in [0.29, 0.717) is 19.2 Å². The maximum atomic E-state index is 11.4. The van der Waals surface area contributed by atoms with Gasteiger partial charge in [-0.15, -0.1) is 0 Å². The fraction of sp³-hybridized carbons (Fsp3) is 1.00. The van der Waals surface area contributed by atoms with Crippen LogP contribution in [0.3, 0.4) is 0 Å². The Balaban J connectivity index is 2.75. The van der Waals surface area contributed by atoms with Gasteiger partial charge in [0.1, 0.15) is 0 Å². The Labute approximate surface area is 54.8 Å². The van der Waals surface area contributed by atoms with E-state index in [2.05, 4.69) is 0 Å². The molecular formula is C5H12BFO2. The van der Waals surface area contributed by atoms with Gasteiger partial charge in [0.25, 0.3) is 0 Å². The van der Waals surface area contributed by atoms with Crippen molar-refractivity contribution in [3.63, 3.8) is 0 Å². The molecule has 0 atom stereocenters. The lowest BCUT2D eigenvalue weighted by atomic mass is 9.83. The Morgan fingerprint density at radius 2 is 1.78 bits per heavy atom. The van der Waals surface area contributed by atoms with Crippen LogP contribution in [0.2, 0.25) is 6.32 Å². The number of alkyl halides is 1. The van der Waals surface area contributed by atoms with E-state index in [0.717, 1.165) is 6.42 Å². The fourth-order valence-corrected chi connectivity index (χ4v) is 0.598. The lowest BCUT2D eigenvalue weighted by molar-refractivity contribution is 0.398. The maximum Gasteiger partial charge on any atom is 0.451 e. The number of hydrogen-bond acceptors (Lipinski definition) is 2. The molecular weight excluding hydrogens is 122 g/mol. The van der Waals surface area contributed by atoms with Crippen molar-refractivity contribution in [2.75, 3.05) is 6.67 Å². The molecule has 4 heteroatoms. The largest absolute Gasteiger partial charge is 0.451 e. The molecule has 54 valence electrons. The molecule has 0 unspecified atom stereocenters. The van der Waals surface area contributed by atoms with Gasteiger partial charge in [0.2, 0.25) is 0 Å². The number of halogens is 1. The summed E-state index contributed by atoms with van der Waals surface area (Å²) in [7, 11) is -1.22. The Kier molecular flexibility index (Phi) is 5.98. The first-order chi connectivity index (χ1) is 4.27. The molecule has 0 heterocycles. The van der Waals surface area contributed by atoms with Crippen LogP contribution in [0.1, 0.15) is 19.3 Å². The number of hydrogen-bond donors (Lipinski definition) is 2. The second-order valence-electron chi connectivity index (χ2n) is 2.02. The minimum atomic E-state index is -1.22. The summed E-state index contributed by atoms with van der Waals surface area (Å²) in [5.41, 5.74) is 0. The van der Waals surface area contributed by atoms with Gasteiger partial charge in [0.15, 0.2) is 0 Å². The molecule has 0 aliphatic heterocycles. The summed E-state index contributed by atoms with van der Waals surface area (Å²) in [5.74, 6) is 0. The van der Waals surface area contributed by atoms with Crippen LogP contribution in [0, 0.1) is 0 Å². The van der Waals surface area contributed by atoms with Gasteiger partial charge in [-0.1, -0.05) is 12.8 Å². The molecule has 0 aromatic carbocycles. The first kappa shape index (κ1) is 8.91. The lowest BCUT2D eigenvalue weighted by Gasteiger charge is -1.95. The van der Waals surface area contributed by atoms with Crippen LogP contribution >= 0.6 is 0 Å². The topological polar surface area (TPSA) is 40.5 Å². The van der Waals surface area contributed by atoms with E-state index in [-0.39, 0.29) is 6.67 Å². The minimum absolute atomic E-state index is 0.304. The van der Waals surface area contributed by atoms with Crippen LogP contribution in [0.15, 0.2) is 0 Å². The van der Waals surface area contributed by atoms with Gasteiger partial charge in [0, 0.05) is 0 Å². The van der Waals surface area contributed by atoms with Gasteiger partial charge in [-0.05, 0) is 12.7 Å². The van der Waals surface area contributed by atoms with Gasteiger partial charge in [0.05, 0.1) is 6.67 Å². The maximum absolute atomic E-state index is 11.4. The third kappa shape index (κ3) is 7.91. The molecule has 0 rings (SSSR count). The summed E-state index contributed by atoms with van der Waals surface area (Å²) >= 11 is 0. The monoisotopic (exact) mass is 134 g/mol. The summed E-state index contributed by atoms with van der Waals surface area (Å²) in [4.78, 5) is 0. The van der Waals surface area contributed by atoms with E-state index in [1.807, 2.05) is 0 Å². The zero-order valence-electron chi connectivity index (χ0n) is 5.39. The molecule has 9 heavy (non-hydrogen) atoms. The van der Waals surface area contributed by atoms with Crippen molar-refractivity contribution in [1.29, 1.82) is 0 Å². The van der Waals surface area contributed by atoms with Crippen LogP contribution in [-0.2, 0) is 0 Å². The van der Waals surface area contributed by atoms with Gasteiger partial charge in [-0.2, -0.15) is 0 Å². The molecule has 0 saturated carbocycles. The summed E-state index contributed by atoms with van der Waals surface area (Å²) < 4.78 is 11.4. The molecule has 2 N–H and O–H groups in total. The zero-order chi connectivity index (χ0) is 7.11. The van der Waals surface area contributed by atoms with Crippen molar-refractivity contribution < 1.29 is 14.4 Å². The van der Waals surface area contributed by atoms with E-state index >= 15 is 0 Å². The highest BCUT2D eigenvalue weighted by atomic mass is 19.1. The summed E-state index contributed by atoms with van der Waals surface area (Å²) in [6.45, 7) is -0.304. The van der Waals surface area contributed by atoms with Crippen molar-refractivity contribution in [2.45, 2.75) is 25.6 Å². The first-order valence-electron chi connectivity index (χ1n) is 3.19. The van der Waals surface area contributed by atoms with Gasteiger partial charge >= 0.3 is 7.12 Å². The van der Waals surface area contributed by atoms with Crippen molar-refractivity contribution in [2.24, 2.45) is 0 Å². The summed E-state index contributed by atoms with van der Waals surface area (Å²) in [6.07, 6.45) is 2.34. The SMILES string of the molecule is OB(O)CCCCCF. The molecule has 0 aliphatic rings. The molecule has 0 fully saturated rings. The van der Waals surface area contributed by atoms with Gasteiger partial charge in [-0.25, -0.2) is 0 Å². The van der Waals surface area contributed by atoms with E-state index in [1.54, 1.807) is 0 Å². The smallest absolute Gasteiger partial charge is 0.427 e. The van der Waals surface area contributed by atoms with Crippen molar-refractivity contribution in [3.05, 3.63) is 0 Å². The standard InChI is InChI=1S/C5H12BFO2/c7-5-3-1-2-4-6(8)9/h8-9H,1-5H2. The van der Waals surface area contributed by atoms with Gasteiger partial charge < -0.3 is 10.0 Å². The second kappa shape index (κ2) is 6.04. The fourth-order valence-electron chi connectivity index (χ4n) is 0.598. The van der Waals surface area contributed by atoms with Crippen molar-refractivity contribution >= 4 is 7.12 Å². The molecule has 0 amide bonds. The highest BCUT2D eigenvalue weighted by molar-refractivity contribution is 6.40. The Morgan fingerprint density at radius 1 is 1.11 bits per heavy atom. The van der Waals surface area contributed by atoms with Crippen LogP contribution < -0.4 is 0 Å². The highest BCUT2D eigenvalue weighted by Gasteiger charge is 2.03. The Morgan fingerprint density at radius 3 is 2.22 bits per heavy atom. The van der Waals surface area contributed by atoms with Crippen molar-refractivity contribution in [3.8, 4) is 0 Å². The lowest BCUT2D eigenvalue weighted by Crippen LogP contribution is -2.09. The molecule has 0 saturated heterocycles. The summed E-state index contributed by atoms with van der Waals surface area (Å²) in [5, 5.41) is 16.6. The van der Waals surface area contributed by atoms with E-state index < -0.39 is 7.12 Å². The van der Waals surface area contributed by atoms with Crippen LogP contribution in [0.25, 0.3) is 0 Å². The highest BCUT2D eigenvalue weighted by Crippen LogP contribution is 2.00. The third-order valence-corrected chi connectivity index (χ3v) is 1.10. The predicted octanol–water partition coefficient (Wildman–Crippen LogP) is 0.599. The molecule has 0 aromatic heterocycles. The quantitative estimate of drug-likeness (QED) is 0.426. The van der Waals surface area contributed by atoms with Gasteiger partial charge in [-0.3, -0.25) is 4.39 Å². The minimum Gasteiger partial charge on any atom is -0.427 e. The second-order valence-corrected chi connectivity index (χ2v) is 2.02. The van der Waals surface area contributed by atoms with E-state index in [9.17, 15) is 4.39 Å². The Bertz CT molecular complexity index is 60.9. The zero-order valence-corrected chi connectivity index (χ0v) is 5.39. The average molecular weight is 134 g/mol. The number of rotatable bonds is 5. The predicted molar refractivity (Wildman–Crippen MR) is 34.8 cm³/mol. The molecule has 0 bridgehead atoms. The molecule has 2 nitrogen and oxygen atoms in total. The van der Waals surface area contributed by atoms with Crippen LogP contribution in [0.4, 0.5) is 4.39 Å². The van der Waals surface area contributed by atoms with E-state index in [4.69, 9.17) is 10.0 Å². The normalized spacial score (nSPS) is 9.67. The van der Waals surface area contributed by atoms with Crippen molar-refractivity contribution in [1.82, 2.24) is 0 Å². The van der Waals surface area contributed by atoms with E-state index in [1.165, 1.54) is 0 Å². The first-order valence-corrected chi connectivity index (χ1v) is 3.19. The molecule has 0 radical (unpaired) electrons. The average Bonchev–Trinajstić information content (AvgIpc) is 1.80. The molecule has 0 aliphatic carbocycles. The summed E-state index contributed by atoms with van der Waals surface area (Å²) in [6, 6.07) is 0. The Hall–Kier alpha value is -0.0851.